The minimum Gasteiger partial charge on any atom is -0.489 e. The number of hydrogen-bond acceptors (Lipinski definition) is 3. The first-order valence-corrected chi connectivity index (χ1v) is 9.04. The largest absolute Gasteiger partial charge is 0.489 e. The smallest absolute Gasteiger partial charge is 0.251 e. The van der Waals surface area contributed by atoms with Crippen LogP contribution in [-0.2, 0) is 6.61 Å². The minimum atomic E-state index is -0.0138. The molecule has 0 bridgehead atoms. The van der Waals surface area contributed by atoms with Gasteiger partial charge in [0.1, 0.15) is 12.4 Å². The van der Waals surface area contributed by atoms with Crippen molar-refractivity contribution < 1.29 is 9.53 Å². The van der Waals surface area contributed by atoms with Crippen LogP contribution in [0, 0.1) is 0 Å². The summed E-state index contributed by atoms with van der Waals surface area (Å²) in [6.07, 6.45) is 2.04. The number of carbonyl (C=O) groups is 1. The molecule has 2 aromatic carbocycles. The molecule has 1 aliphatic rings. The van der Waals surface area contributed by atoms with Crippen LogP contribution in [0.2, 0.25) is 0 Å². The van der Waals surface area contributed by atoms with Crippen LogP contribution in [0.4, 0.5) is 0 Å². The highest BCUT2D eigenvalue weighted by molar-refractivity contribution is 5.94. The van der Waals surface area contributed by atoms with Crippen molar-refractivity contribution in [3.8, 4) is 5.75 Å². The van der Waals surface area contributed by atoms with E-state index in [4.69, 9.17) is 4.74 Å². The molecule has 4 nitrogen and oxygen atoms in total. The van der Waals surface area contributed by atoms with Crippen molar-refractivity contribution in [3.05, 3.63) is 65.7 Å². The summed E-state index contributed by atoms with van der Waals surface area (Å²) in [5.74, 6) is 0.706. The molecule has 25 heavy (non-hydrogen) atoms. The fourth-order valence-corrected chi connectivity index (χ4v) is 3.13. The lowest BCUT2D eigenvalue weighted by Gasteiger charge is -2.31. The normalized spacial score (nSPS) is 15.7. The topological polar surface area (TPSA) is 41.6 Å². The summed E-state index contributed by atoms with van der Waals surface area (Å²) in [5.41, 5.74) is 1.77. The van der Waals surface area contributed by atoms with Crippen molar-refractivity contribution in [3.63, 3.8) is 0 Å². The van der Waals surface area contributed by atoms with Gasteiger partial charge in [-0.25, -0.2) is 0 Å². The molecule has 0 saturated carbocycles. The van der Waals surface area contributed by atoms with Crippen molar-refractivity contribution in [2.45, 2.75) is 32.4 Å². The van der Waals surface area contributed by atoms with Crippen molar-refractivity contribution in [2.75, 3.05) is 19.6 Å². The molecule has 0 spiro atoms. The van der Waals surface area contributed by atoms with Crippen LogP contribution < -0.4 is 10.1 Å². The summed E-state index contributed by atoms with van der Waals surface area (Å²) in [5, 5.41) is 3.16. The van der Waals surface area contributed by atoms with Crippen LogP contribution in [0.1, 0.15) is 35.7 Å². The summed E-state index contributed by atoms with van der Waals surface area (Å²) in [4.78, 5) is 14.9. The molecule has 132 valence electrons. The molecule has 4 heteroatoms. The summed E-state index contributed by atoms with van der Waals surface area (Å²) >= 11 is 0. The van der Waals surface area contributed by atoms with Gasteiger partial charge in [0, 0.05) is 24.7 Å². The predicted octanol–water partition coefficient (Wildman–Crippen LogP) is 3.48. The molecule has 1 N–H and O–H groups in total. The van der Waals surface area contributed by atoms with Gasteiger partial charge >= 0.3 is 0 Å². The van der Waals surface area contributed by atoms with E-state index in [1.165, 1.54) is 0 Å². The number of nitrogens with zero attached hydrogens (tertiary/aromatic N) is 1. The number of hydrogen-bond donors (Lipinski definition) is 1. The molecule has 0 radical (unpaired) electrons. The first-order valence-electron chi connectivity index (χ1n) is 9.04. The number of amides is 1. The van der Waals surface area contributed by atoms with Crippen LogP contribution in [0.3, 0.4) is 0 Å². The maximum Gasteiger partial charge on any atom is 0.251 e. The Kier molecular flexibility index (Phi) is 6.07. The van der Waals surface area contributed by atoms with Gasteiger partial charge in [-0.1, -0.05) is 43.3 Å². The zero-order valence-corrected chi connectivity index (χ0v) is 14.8. The SMILES string of the molecule is CCN1CCC(NC(=O)c2cccc(OCc3ccccc3)c2)CC1. The van der Waals surface area contributed by atoms with Gasteiger partial charge in [-0.3, -0.25) is 4.79 Å². The summed E-state index contributed by atoms with van der Waals surface area (Å²) in [6, 6.07) is 17.7. The molecule has 0 unspecified atom stereocenters. The molecule has 0 aliphatic carbocycles. The summed E-state index contributed by atoms with van der Waals surface area (Å²) in [6.45, 7) is 5.88. The summed E-state index contributed by atoms with van der Waals surface area (Å²) < 4.78 is 5.81. The van der Waals surface area contributed by atoms with E-state index in [1.807, 2.05) is 54.6 Å². The average molecular weight is 338 g/mol. The number of rotatable bonds is 6. The second-order valence-corrected chi connectivity index (χ2v) is 6.48. The standard InChI is InChI=1S/C21H26N2O2/c1-2-23-13-11-19(12-14-23)22-21(24)18-9-6-10-20(15-18)25-16-17-7-4-3-5-8-17/h3-10,15,19H,2,11-14,16H2,1H3,(H,22,24). The van der Waals surface area contributed by atoms with Crippen molar-refractivity contribution in [2.24, 2.45) is 0 Å². The number of benzene rings is 2. The highest BCUT2D eigenvalue weighted by atomic mass is 16.5. The van der Waals surface area contributed by atoms with Crippen LogP contribution in [0.5, 0.6) is 5.75 Å². The van der Waals surface area contributed by atoms with Gasteiger partial charge in [-0.2, -0.15) is 0 Å². The Morgan fingerprint density at radius 3 is 2.60 bits per heavy atom. The molecular weight excluding hydrogens is 312 g/mol. The highest BCUT2D eigenvalue weighted by Gasteiger charge is 2.20. The van der Waals surface area contributed by atoms with Crippen molar-refractivity contribution in [1.29, 1.82) is 0 Å². The second kappa shape index (κ2) is 8.67. The van der Waals surface area contributed by atoms with Gasteiger partial charge in [0.25, 0.3) is 5.91 Å². The zero-order valence-electron chi connectivity index (χ0n) is 14.8. The summed E-state index contributed by atoms with van der Waals surface area (Å²) in [7, 11) is 0. The fourth-order valence-electron chi connectivity index (χ4n) is 3.13. The Balaban J connectivity index is 1.54. The Labute approximate surface area is 149 Å². The lowest BCUT2D eigenvalue weighted by atomic mass is 10.0. The van der Waals surface area contributed by atoms with E-state index in [1.54, 1.807) is 0 Å². The van der Waals surface area contributed by atoms with Crippen molar-refractivity contribution >= 4 is 5.91 Å². The van der Waals surface area contributed by atoms with Crippen LogP contribution in [-0.4, -0.2) is 36.5 Å². The fraction of sp³-hybridized carbons (Fsp3) is 0.381. The first-order chi connectivity index (χ1) is 12.2. The Hall–Kier alpha value is -2.33. The van der Waals surface area contributed by atoms with Crippen LogP contribution in [0.25, 0.3) is 0 Å². The van der Waals surface area contributed by atoms with E-state index in [-0.39, 0.29) is 11.9 Å². The molecule has 1 saturated heterocycles. The van der Waals surface area contributed by atoms with Crippen molar-refractivity contribution in [1.82, 2.24) is 10.2 Å². The zero-order chi connectivity index (χ0) is 17.5. The van der Waals surface area contributed by atoms with E-state index in [2.05, 4.69) is 17.1 Å². The Morgan fingerprint density at radius 1 is 1.12 bits per heavy atom. The first kappa shape index (κ1) is 17.5. The molecule has 1 amide bonds. The number of carbonyl (C=O) groups excluding carboxylic acids is 1. The number of likely N-dealkylation sites (tertiary alicyclic amines) is 1. The van der Waals surface area contributed by atoms with Gasteiger partial charge in [0.05, 0.1) is 0 Å². The molecule has 3 rings (SSSR count). The number of nitrogens with one attached hydrogen (secondary N) is 1. The van der Waals surface area contributed by atoms with Gasteiger partial charge in [0.2, 0.25) is 0 Å². The Bertz CT molecular complexity index is 679. The van der Waals surface area contributed by atoms with Gasteiger partial charge in [-0.05, 0) is 43.1 Å². The maximum absolute atomic E-state index is 12.5. The second-order valence-electron chi connectivity index (χ2n) is 6.48. The molecule has 1 heterocycles. The third-order valence-corrected chi connectivity index (χ3v) is 4.71. The Morgan fingerprint density at radius 2 is 1.88 bits per heavy atom. The van der Waals surface area contributed by atoms with Gasteiger partial charge in [-0.15, -0.1) is 0 Å². The van der Waals surface area contributed by atoms with E-state index in [9.17, 15) is 4.79 Å². The third kappa shape index (κ3) is 5.07. The lowest BCUT2D eigenvalue weighted by molar-refractivity contribution is 0.0912. The monoisotopic (exact) mass is 338 g/mol. The minimum absolute atomic E-state index is 0.0138. The quantitative estimate of drug-likeness (QED) is 0.877. The molecule has 0 atom stereocenters. The molecule has 0 aromatic heterocycles. The van der Waals surface area contributed by atoms with Crippen LogP contribution in [0.15, 0.2) is 54.6 Å². The number of ether oxygens (including phenoxy) is 1. The molecule has 1 fully saturated rings. The van der Waals surface area contributed by atoms with Gasteiger partial charge < -0.3 is 15.0 Å². The number of piperidine rings is 1. The molecular formula is C21H26N2O2. The predicted molar refractivity (Wildman–Crippen MR) is 99.8 cm³/mol. The third-order valence-electron chi connectivity index (χ3n) is 4.71. The average Bonchev–Trinajstić information content (AvgIpc) is 2.68. The lowest BCUT2D eigenvalue weighted by Crippen LogP contribution is -2.44. The molecule has 2 aromatic rings. The molecule has 1 aliphatic heterocycles. The highest BCUT2D eigenvalue weighted by Crippen LogP contribution is 2.16. The maximum atomic E-state index is 12.5. The van der Waals surface area contributed by atoms with E-state index >= 15 is 0 Å². The van der Waals surface area contributed by atoms with E-state index in [0.29, 0.717) is 12.2 Å². The van der Waals surface area contributed by atoms with E-state index < -0.39 is 0 Å². The van der Waals surface area contributed by atoms with Crippen LogP contribution >= 0.6 is 0 Å². The van der Waals surface area contributed by atoms with E-state index in [0.717, 1.165) is 43.8 Å². The van der Waals surface area contributed by atoms with Gasteiger partial charge in [0.15, 0.2) is 0 Å².